The van der Waals surface area contributed by atoms with Crippen LogP contribution in [-0.2, 0) is 16.1 Å². The Morgan fingerprint density at radius 1 is 0.969 bits per heavy atom. The fourth-order valence-corrected chi connectivity index (χ4v) is 3.47. The highest BCUT2D eigenvalue weighted by Crippen LogP contribution is 2.30. The first-order valence-corrected chi connectivity index (χ1v) is 10.7. The third kappa shape index (κ3) is 5.43. The molecule has 0 bridgehead atoms. The van der Waals surface area contributed by atoms with Gasteiger partial charge in [-0.1, -0.05) is 60.7 Å². The first-order valence-electron chi connectivity index (χ1n) is 10.7. The molecule has 4 rings (SSSR count). The number of para-hydroxylation sites is 1. The van der Waals surface area contributed by atoms with Crippen molar-refractivity contribution in [2.45, 2.75) is 19.4 Å². The van der Waals surface area contributed by atoms with Gasteiger partial charge >= 0.3 is 0 Å². The molecule has 3 aromatic carbocycles. The number of methoxy groups -OCH3 is 1. The van der Waals surface area contributed by atoms with Crippen LogP contribution < -0.4 is 15.4 Å². The van der Waals surface area contributed by atoms with Gasteiger partial charge in [0.2, 0.25) is 5.91 Å². The maximum absolute atomic E-state index is 13.2. The van der Waals surface area contributed by atoms with Crippen molar-refractivity contribution in [3.63, 3.8) is 0 Å². The summed E-state index contributed by atoms with van der Waals surface area (Å²) >= 11 is 0. The van der Waals surface area contributed by atoms with Gasteiger partial charge in [-0.05, 0) is 48.2 Å². The van der Waals surface area contributed by atoms with E-state index in [9.17, 15) is 9.59 Å². The van der Waals surface area contributed by atoms with E-state index < -0.39 is 0 Å². The molecule has 1 fully saturated rings. The third-order valence-corrected chi connectivity index (χ3v) is 5.36. The quantitative estimate of drug-likeness (QED) is 0.398. The maximum atomic E-state index is 13.2. The van der Waals surface area contributed by atoms with Gasteiger partial charge in [-0.25, -0.2) is 0 Å². The van der Waals surface area contributed by atoms with Gasteiger partial charge in [0.15, 0.2) is 0 Å². The van der Waals surface area contributed by atoms with E-state index in [0.717, 1.165) is 35.2 Å². The molecule has 32 heavy (non-hydrogen) atoms. The van der Waals surface area contributed by atoms with E-state index in [4.69, 9.17) is 4.74 Å². The average Bonchev–Trinajstić information content (AvgIpc) is 3.68. The number of ether oxygens (including phenoxy) is 1. The lowest BCUT2D eigenvalue weighted by atomic mass is 10.0. The van der Waals surface area contributed by atoms with Gasteiger partial charge in [0.25, 0.3) is 5.91 Å². The number of benzene rings is 3. The molecule has 1 aliphatic rings. The molecular formula is C27H26N2O3. The van der Waals surface area contributed by atoms with Crippen molar-refractivity contribution in [3.8, 4) is 5.75 Å². The van der Waals surface area contributed by atoms with Crippen LogP contribution in [0.1, 0.15) is 29.5 Å². The number of anilines is 1. The van der Waals surface area contributed by atoms with Crippen molar-refractivity contribution in [1.29, 1.82) is 0 Å². The lowest BCUT2D eigenvalue weighted by Crippen LogP contribution is -2.24. The lowest BCUT2D eigenvalue weighted by Gasteiger charge is -2.12. The number of carbonyl (C=O) groups is 2. The maximum Gasteiger partial charge on any atom is 0.252 e. The largest absolute Gasteiger partial charge is 0.496 e. The van der Waals surface area contributed by atoms with E-state index >= 15 is 0 Å². The van der Waals surface area contributed by atoms with Crippen LogP contribution in [0.2, 0.25) is 0 Å². The Hall–Kier alpha value is -3.86. The fraction of sp³-hybridized carbons (Fsp3) is 0.185. The van der Waals surface area contributed by atoms with E-state index in [1.807, 2.05) is 84.9 Å². The van der Waals surface area contributed by atoms with Crippen LogP contribution in [0.5, 0.6) is 5.75 Å². The summed E-state index contributed by atoms with van der Waals surface area (Å²) < 4.78 is 5.45. The molecule has 2 amide bonds. The molecule has 1 aliphatic carbocycles. The van der Waals surface area contributed by atoms with Crippen molar-refractivity contribution >= 4 is 29.2 Å². The summed E-state index contributed by atoms with van der Waals surface area (Å²) in [4.78, 5) is 25.2. The Labute approximate surface area is 188 Å². The second-order valence-electron chi connectivity index (χ2n) is 7.81. The predicted molar refractivity (Wildman–Crippen MR) is 127 cm³/mol. The van der Waals surface area contributed by atoms with E-state index in [1.54, 1.807) is 7.11 Å². The summed E-state index contributed by atoms with van der Waals surface area (Å²) in [6, 6.07) is 24.7. The molecule has 0 atom stereocenters. The summed E-state index contributed by atoms with van der Waals surface area (Å²) in [6.45, 7) is 0.349. The molecule has 0 radical (unpaired) electrons. The summed E-state index contributed by atoms with van der Waals surface area (Å²) in [5.41, 5.74) is 3.86. The molecule has 0 saturated heterocycles. The highest BCUT2D eigenvalue weighted by Gasteiger charge is 2.29. The number of rotatable bonds is 8. The van der Waals surface area contributed by atoms with Crippen molar-refractivity contribution in [2.75, 3.05) is 12.4 Å². The van der Waals surface area contributed by atoms with Crippen LogP contribution in [0.3, 0.4) is 0 Å². The van der Waals surface area contributed by atoms with Crippen molar-refractivity contribution in [1.82, 2.24) is 5.32 Å². The number of carbonyl (C=O) groups excluding carboxylic acids is 2. The molecule has 5 heteroatoms. The van der Waals surface area contributed by atoms with Crippen molar-refractivity contribution in [2.24, 2.45) is 5.92 Å². The van der Waals surface area contributed by atoms with Crippen LogP contribution in [0.4, 0.5) is 5.69 Å². The van der Waals surface area contributed by atoms with Crippen LogP contribution in [0.15, 0.2) is 78.9 Å². The molecule has 0 aliphatic heterocycles. The smallest absolute Gasteiger partial charge is 0.252 e. The molecule has 5 nitrogen and oxygen atoms in total. The topological polar surface area (TPSA) is 67.4 Å². The molecule has 1 saturated carbocycles. The molecule has 0 aromatic heterocycles. The minimum atomic E-state index is -0.186. The summed E-state index contributed by atoms with van der Waals surface area (Å²) in [5.74, 6) is 0.728. The Balaban J connectivity index is 1.52. The van der Waals surface area contributed by atoms with E-state index in [1.165, 1.54) is 0 Å². The first kappa shape index (κ1) is 21.4. The fourth-order valence-electron chi connectivity index (χ4n) is 3.47. The molecule has 2 N–H and O–H groups in total. The van der Waals surface area contributed by atoms with Crippen molar-refractivity contribution in [3.05, 3.63) is 95.6 Å². The van der Waals surface area contributed by atoms with Gasteiger partial charge < -0.3 is 15.4 Å². The molecule has 162 valence electrons. The van der Waals surface area contributed by atoms with Gasteiger partial charge in [0.05, 0.1) is 7.11 Å². The summed E-state index contributed by atoms with van der Waals surface area (Å²) in [6.07, 6.45) is 3.76. The van der Waals surface area contributed by atoms with E-state index in [-0.39, 0.29) is 17.7 Å². The van der Waals surface area contributed by atoms with Crippen LogP contribution in [0, 0.1) is 5.92 Å². The average molecular weight is 427 g/mol. The molecule has 3 aromatic rings. The predicted octanol–water partition coefficient (Wildman–Crippen LogP) is 4.90. The second kappa shape index (κ2) is 9.96. The Morgan fingerprint density at radius 2 is 1.72 bits per heavy atom. The molecular weight excluding hydrogens is 400 g/mol. The standard InChI is InChI=1S/C27H26N2O3/c1-32-25-13-6-5-11-22(25)17-24(20-9-3-2-4-10-20)27(31)28-18-19-8-7-12-23(16-19)29-26(30)21-14-15-21/h2-13,16-17,21H,14-15,18H2,1H3,(H,28,31)(H,29,30). The second-order valence-corrected chi connectivity index (χ2v) is 7.81. The SMILES string of the molecule is COc1ccccc1C=C(C(=O)NCc1cccc(NC(=O)C2CC2)c1)c1ccccc1. The number of amides is 2. The van der Waals surface area contributed by atoms with Gasteiger partial charge in [-0.2, -0.15) is 0 Å². The van der Waals surface area contributed by atoms with Crippen LogP contribution in [-0.4, -0.2) is 18.9 Å². The Morgan fingerprint density at radius 3 is 2.47 bits per heavy atom. The Bertz CT molecular complexity index is 1130. The van der Waals surface area contributed by atoms with Gasteiger partial charge in [-0.15, -0.1) is 0 Å². The normalized spacial score (nSPS) is 13.3. The molecule has 0 heterocycles. The summed E-state index contributed by atoms with van der Waals surface area (Å²) in [7, 11) is 1.62. The van der Waals surface area contributed by atoms with Crippen LogP contribution in [0.25, 0.3) is 11.6 Å². The Kier molecular flexibility index (Phi) is 6.66. The van der Waals surface area contributed by atoms with Gasteiger partial charge in [-0.3, -0.25) is 9.59 Å². The number of hydrogen-bond acceptors (Lipinski definition) is 3. The minimum Gasteiger partial charge on any atom is -0.496 e. The highest BCUT2D eigenvalue weighted by molar-refractivity contribution is 6.24. The highest BCUT2D eigenvalue weighted by atomic mass is 16.5. The van der Waals surface area contributed by atoms with Crippen LogP contribution >= 0.6 is 0 Å². The minimum absolute atomic E-state index is 0.0669. The zero-order valence-electron chi connectivity index (χ0n) is 18.0. The zero-order chi connectivity index (χ0) is 22.3. The number of nitrogens with one attached hydrogen (secondary N) is 2. The zero-order valence-corrected chi connectivity index (χ0v) is 18.0. The summed E-state index contributed by atoms with van der Waals surface area (Å²) in [5, 5.41) is 5.96. The van der Waals surface area contributed by atoms with E-state index in [2.05, 4.69) is 10.6 Å². The first-order chi connectivity index (χ1) is 15.6. The van der Waals surface area contributed by atoms with Gasteiger partial charge in [0, 0.05) is 29.3 Å². The monoisotopic (exact) mass is 426 g/mol. The lowest BCUT2D eigenvalue weighted by molar-refractivity contribution is -0.117. The third-order valence-electron chi connectivity index (χ3n) is 5.36. The van der Waals surface area contributed by atoms with Crippen molar-refractivity contribution < 1.29 is 14.3 Å². The molecule has 0 spiro atoms. The number of hydrogen-bond donors (Lipinski definition) is 2. The van der Waals surface area contributed by atoms with Gasteiger partial charge in [0.1, 0.15) is 5.75 Å². The van der Waals surface area contributed by atoms with E-state index in [0.29, 0.717) is 17.9 Å². The molecule has 0 unspecified atom stereocenters.